The molecular formula is C16H21ClN2O4. The molecule has 1 fully saturated rings. The van der Waals surface area contributed by atoms with E-state index in [-0.39, 0.29) is 11.9 Å². The van der Waals surface area contributed by atoms with E-state index in [1.807, 2.05) is 6.92 Å². The van der Waals surface area contributed by atoms with Crippen molar-refractivity contribution < 1.29 is 19.0 Å². The highest BCUT2D eigenvalue weighted by atomic mass is 35.5. The molecule has 1 N–H and O–H groups in total. The van der Waals surface area contributed by atoms with Crippen molar-refractivity contribution in [3.63, 3.8) is 0 Å². The van der Waals surface area contributed by atoms with Crippen LogP contribution in [0.3, 0.4) is 0 Å². The summed E-state index contributed by atoms with van der Waals surface area (Å²) in [4.78, 5) is 14.7. The Morgan fingerprint density at radius 2 is 2.00 bits per heavy atom. The summed E-state index contributed by atoms with van der Waals surface area (Å²) >= 11 is 6.18. The van der Waals surface area contributed by atoms with Gasteiger partial charge in [-0.05, 0) is 19.1 Å². The van der Waals surface area contributed by atoms with Crippen LogP contribution < -0.4 is 14.8 Å². The van der Waals surface area contributed by atoms with Gasteiger partial charge in [-0.25, -0.2) is 0 Å². The summed E-state index contributed by atoms with van der Waals surface area (Å²) in [5.74, 6) is 0.871. The molecule has 1 aromatic rings. The van der Waals surface area contributed by atoms with Gasteiger partial charge in [-0.2, -0.15) is 0 Å². The number of hydrogen-bond donors (Lipinski definition) is 1. The smallest absolute Gasteiger partial charge is 0.251 e. The predicted molar refractivity (Wildman–Crippen MR) is 86.6 cm³/mol. The van der Waals surface area contributed by atoms with Gasteiger partial charge in [0.1, 0.15) is 13.2 Å². The molecule has 0 bridgehead atoms. The maximum absolute atomic E-state index is 12.4. The average molecular weight is 341 g/mol. The molecule has 0 aliphatic carbocycles. The molecule has 2 aliphatic rings. The van der Waals surface area contributed by atoms with Crippen LogP contribution in [-0.2, 0) is 4.74 Å². The number of nitrogens with one attached hydrogen (secondary N) is 1. The van der Waals surface area contributed by atoms with Gasteiger partial charge in [0.05, 0.1) is 18.2 Å². The Balaban J connectivity index is 1.62. The van der Waals surface area contributed by atoms with Crippen molar-refractivity contribution >= 4 is 17.5 Å². The molecule has 1 atom stereocenters. The number of carbonyl (C=O) groups excluding carboxylic acids is 1. The molecule has 23 heavy (non-hydrogen) atoms. The quantitative estimate of drug-likeness (QED) is 0.901. The van der Waals surface area contributed by atoms with Gasteiger partial charge in [0.25, 0.3) is 5.91 Å². The summed E-state index contributed by atoms with van der Waals surface area (Å²) in [5.41, 5.74) is 0.480. The highest BCUT2D eigenvalue weighted by Crippen LogP contribution is 2.38. The molecule has 126 valence electrons. The predicted octanol–water partition coefficient (Wildman–Crippen LogP) is 1.56. The van der Waals surface area contributed by atoms with E-state index in [9.17, 15) is 4.79 Å². The maximum Gasteiger partial charge on any atom is 0.251 e. The van der Waals surface area contributed by atoms with Gasteiger partial charge >= 0.3 is 0 Å². The highest BCUT2D eigenvalue weighted by Gasteiger charge is 2.21. The van der Waals surface area contributed by atoms with Crippen molar-refractivity contribution in [3.05, 3.63) is 22.7 Å². The minimum atomic E-state index is -0.162. The first-order chi connectivity index (χ1) is 11.1. The molecule has 2 aliphatic heterocycles. The zero-order chi connectivity index (χ0) is 16.2. The summed E-state index contributed by atoms with van der Waals surface area (Å²) < 4.78 is 16.3. The lowest BCUT2D eigenvalue weighted by atomic mass is 10.1. The molecule has 2 heterocycles. The number of amides is 1. The third-order valence-electron chi connectivity index (χ3n) is 3.87. The Morgan fingerprint density at radius 3 is 2.78 bits per heavy atom. The second-order valence-corrected chi connectivity index (χ2v) is 6.18. The Labute approximate surface area is 140 Å². The van der Waals surface area contributed by atoms with Crippen LogP contribution in [0.15, 0.2) is 12.1 Å². The zero-order valence-electron chi connectivity index (χ0n) is 13.1. The number of halogens is 1. The minimum absolute atomic E-state index is 0.0348. The molecule has 1 saturated heterocycles. The molecule has 7 heteroatoms. The number of fused-ring (bicyclic) bond motifs is 1. The first-order valence-electron chi connectivity index (χ1n) is 7.83. The Morgan fingerprint density at radius 1 is 1.26 bits per heavy atom. The summed E-state index contributed by atoms with van der Waals surface area (Å²) in [6, 6.07) is 3.33. The van der Waals surface area contributed by atoms with E-state index in [1.165, 1.54) is 0 Å². The van der Waals surface area contributed by atoms with Gasteiger partial charge in [0.2, 0.25) is 0 Å². The second-order valence-electron chi connectivity index (χ2n) is 5.77. The molecule has 1 amide bonds. The van der Waals surface area contributed by atoms with Crippen molar-refractivity contribution in [2.45, 2.75) is 13.0 Å². The zero-order valence-corrected chi connectivity index (χ0v) is 13.9. The van der Waals surface area contributed by atoms with Crippen LogP contribution >= 0.6 is 11.6 Å². The number of nitrogens with zero attached hydrogens (tertiary/aromatic N) is 1. The topological polar surface area (TPSA) is 60.0 Å². The van der Waals surface area contributed by atoms with Crippen molar-refractivity contribution in [1.29, 1.82) is 0 Å². The molecule has 1 aromatic carbocycles. The summed E-state index contributed by atoms with van der Waals surface area (Å²) in [6.45, 7) is 7.01. The molecule has 0 radical (unpaired) electrons. The number of carbonyl (C=O) groups is 1. The van der Waals surface area contributed by atoms with Gasteiger partial charge < -0.3 is 19.5 Å². The summed E-state index contributed by atoms with van der Waals surface area (Å²) in [6.07, 6.45) is 0. The van der Waals surface area contributed by atoms with Gasteiger partial charge in [-0.1, -0.05) is 11.6 Å². The largest absolute Gasteiger partial charge is 0.486 e. The number of ether oxygens (including phenoxy) is 3. The van der Waals surface area contributed by atoms with E-state index in [0.717, 1.165) is 32.8 Å². The standard InChI is InChI=1S/C16H21ClN2O4/c1-11(10-19-2-4-21-5-3-19)18-16(20)12-8-13(17)15-14(9-12)22-6-7-23-15/h8-9,11H,2-7,10H2,1H3,(H,18,20)/t11-/m1/s1. The van der Waals surface area contributed by atoms with E-state index in [2.05, 4.69) is 10.2 Å². The highest BCUT2D eigenvalue weighted by molar-refractivity contribution is 6.32. The number of hydrogen-bond acceptors (Lipinski definition) is 5. The van der Waals surface area contributed by atoms with Crippen LogP contribution in [0.2, 0.25) is 5.02 Å². The van der Waals surface area contributed by atoms with E-state index in [4.69, 9.17) is 25.8 Å². The lowest BCUT2D eigenvalue weighted by molar-refractivity contribution is 0.0342. The van der Waals surface area contributed by atoms with Gasteiger partial charge in [0.15, 0.2) is 11.5 Å². The lowest BCUT2D eigenvalue weighted by Crippen LogP contribution is -2.46. The van der Waals surface area contributed by atoms with Crippen LogP contribution in [0, 0.1) is 0 Å². The fraction of sp³-hybridized carbons (Fsp3) is 0.562. The molecule has 0 aromatic heterocycles. The van der Waals surface area contributed by atoms with Crippen molar-refractivity contribution in [1.82, 2.24) is 10.2 Å². The van der Waals surface area contributed by atoms with E-state index >= 15 is 0 Å². The molecule has 0 saturated carbocycles. The number of rotatable bonds is 4. The van der Waals surface area contributed by atoms with Crippen LogP contribution in [0.1, 0.15) is 17.3 Å². The van der Waals surface area contributed by atoms with Gasteiger partial charge in [0, 0.05) is 31.2 Å². The molecule has 0 spiro atoms. The maximum atomic E-state index is 12.4. The van der Waals surface area contributed by atoms with E-state index in [1.54, 1.807) is 12.1 Å². The van der Waals surface area contributed by atoms with Crippen molar-refractivity contribution in [2.75, 3.05) is 46.1 Å². The molecule has 0 unspecified atom stereocenters. The van der Waals surface area contributed by atoms with Crippen molar-refractivity contribution in [3.8, 4) is 11.5 Å². The molecule has 3 rings (SSSR count). The average Bonchev–Trinajstić information content (AvgIpc) is 2.55. The SMILES string of the molecule is C[C@H](CN1CCOCC1)NC(=O)c1cc(Cl)c2c(c1)OCCO2. The first kappa shape index (κ1) is 16.4. The summed E-state index contributed by atoms with van der Waals surface area (Å²) in [7, 11) is 0. The normalized spacial score (nSPS) is 19.2. The first-order valence-corrected chi connectivity index (χ1v) is 8.21. The molecule has 6 nitrogen and oxygen atoms in total. The Kier molecular flexibility index (Phi) is 5.25. The van der Waals surface area contributed by atoms with Crippen molar-refractivity contribution in [2.24, 2.45) is 0 Å². The number of benzene rings is 1. The number of morpholine rings is 1. The Bertz CT molecular complexity index is 575. The van der Waals surface area contributed by atoms with Gasteiger partial charge in [-0.3, -0.25) is 9.69 Å². The van der Waals surface area contributed by atoms with E-state index < -0.39 is 0 Å². The minimum Gasteiger partial charge on any atom is -0.486 e. The van der Waals surface area contributed by atoms with Crippen LogP contribution in [0.25, 0.3) is 0 Å². The fourth-order valence-corrected chi connectivity index (χ4v) is 3.03. The fourth-order valence-electron chi connectivity index (χ4n) is 2.77. The van der Waals surface area contributed by atoms with Crippen LogP contribution in [0.4, 0.5) is 0 Å². The molecular weight excluding hydrogens is 320 g/mol. The third-order valence-corrected chi connectivity index (χ3v) is 4.15. The monoisotopic (exact) mass is 340 g/mol. The Hall–Kier alpha value is -1.50. The van der Waals surface area contributed by atoms with Crippen LogP contribution in [-0.4, -0.2) is 62.9 Å². The second kappa shape index (κ2) is 7.38. The van der Waals surface area contributed by atoms with E-state index in [0.29, 0.717) is 35.3 Å². The lowest BCUT2D eigenvalue weighted by Gasteiger charge is -2.29. The third kappa shape index (κ3) is 4.07. The summed E-state index contributed by atoms with van der Waals surface area (Å²) in [5, 5.41) is 3.40. The van der Waals surface area contributed by atoms with Crippen LogP contribution in [0.5, 0.6) is 11.5 Å². The van der Waals surface area contributed by atoms with Gasteiger partial charge in [-0.15, -0.1) is 0 Å².